The molecule has 3 rings (SSSR count). The summed E-state index contributed by atoms with van der Waals surface area (Å²) in [5.74, 6) is 2.24. The third-order valence-electron chi connectivity index (χ3n) is 4.23. The highest BCUT2D eigenvalue weighted by Gasteiger charge is 2.15. The van der Waals surface area contributed by atoms with Crippen molar-refractivity contribution in [2.75, 3.05) is 20.2 Å². The van der Waals surface area contributed by atoms with Crippen molar-refractivity contribution in [3.8, 4) is 11.5 Å². The first kappa shape index (κ1) is 14.9. The van der Waals surface area contributed by atoms with E-state index in [-0.39, 0.29) is 0 Å². The molecule has 0 saturated carbocycles. The third kappa shape index (κ3) is 3.60. The van der Waals surface area contributed by atoms with Gasteiger partial charge in [0.05, 0.1) is 7.11 Å². The lowest BCUT2D eigenvalue weighted by molar-refractivity contribution is 0.284. The Bertz CT molecular complexity index is 606. The van der Waals surface area contributed by atoms with Crippen LogP contribution in [0.2, 0.25) is 0 Å². The largest absolute Gasteiger partial charge is 0.493 e. The molecule has 0 spiro atoms. The number of benzene rings is 2. The van der Waals surface area contributed by atoms with Crippen molar-refractivity contribution < 1.29 is 9.47 Å². The van der Waals surface area contributed by atoms with E-state index in [4.69, 9.17) is 9.47 Å². The molecule has 1 aliphatic rings. The minimum atomic E-state index is 0.569. The van der Waals surface area contributed by atoms with Crippen LogP contribution in [0.5, 0.6) is 11.5 Å². The summed E-state index contributed by atoms with van der Waals surface area (Å²) in [6, 6.07) is 16.6. The van der Waals surface area contributed by atoms with E-state index < -0.39 is 0 Å². The first-order chi connectivity index (χ1) is 10.9. The van der Waals surface area contributed by atoms with Gasteiger partial charge in [-0.15, -0.1) is 0 Å². The Morgan fingerprint density at radius 2 is 1.77 bits per heavy atom. The monoisotopic (exact) mass is 297 g/mol. The minimum absolute atomic E-state index is 0.569. The highest BCUT2D eigenvalue weighted by atomic mass is 16.5. The van der Waals surface area contributed by atoms with E-state index in [1.165, 1.54) is 24.0 Å². The van der Waals surface area contributed by atoms with Crippen LogP contribution in [0, 0.1) is 0 Å². The van der Waals surface area contributed by atoms with Crippen molar-refractivity contribution in [1.29, 1.82) is 0 Å². The summed E-state index contributed by atoms with van der Waals surface area (Å²) < 4.78 is 11.2. The summed E-state index contributed by atoms with van der Waals surface area (Å²) in [6.45, 7) is 2.80. The van der Waals surface area contributed by atoms with Gasteiger partial charge in [-0.2, -0.15) is 0 Å². The summed E-state index contributed by atoms with van der Waals surface area (Å²) >= 11 is 0. The molecule has 1 fully saturated rings. The molecule has 0 aromatic heterocycles. The van der Waals surface area contributed by atoms with Crippen molar-refractivity contribution >= 4 is 0 Å². The smallest absolute Gasteiger partial charge is 0.161 e. The molecule has 1 saturated heterocycles. The van der Waals surface area contributed by atoms with E-state index in [1.807, 2.05) is 24.3 Å². The van der Waals surface area contributed by atoms with E-state index in [9.17, 15) is 0 Å². The summed E-state index contributed by atoms with van der Waals surface area (Å²) in [6.07, 6.45) is 2.44. The lowest BCUT2D eigenvalue weighted by atomic mass is 9.89. The van der Waals surface area contributed by atoms with Crippen LogP contribution in [0.3, 0.4) is 0 Å². The first-order valence-corrected chi connectivity index (χ1v) is 7.92. The maximum atomic E-state index is 5.92. The number of methoxy groups -OCH3 is 1. The van der Waals surface area contributed by atoms with Crippen molar-refractivity contribution in [3.63, 3.8) is 0 Å². The topological polar surface area (TPSA) is 30.5 Å². The van der Waals surface area contributed by atoms with Gasteiger partial charge in [-0.05, 0) is 55.1 Å². The molecule has 22 heavy (non-hydrogen) atoms. The molecule has 0 atom stereocenters. The summed E-state index contributed by atoms with van der Waals surface area (Å²) in [7, 11) is 1.67. The van der Waals surface area contributed by atoms with Gasteiger partial charge in [0, 0.05) is 0 Å². The second-order valence-electron chi connectivity index (χ2n) is 5.71. The molecule has 0 bridgehead atoms. The molecular formula is C19H23NO2. The normalized spacial score (nSPS) is 15.5. The van der Waals surface area contributed by atoms with Gasteiger partial charge in [0.15, 0.2) is 11.5 Å². The molecule has 0 radical (unpaired) electrons. The zero-order valence-corrected chi connectivity index (χ0v) is 13.0. The minimum Gasteiger partial charge on any atom is -0.493 e. The van der Waals surface area contributed by atoms with Gasteiger partial charge in [-0.25, -0.2) is 0 Å². The average Bonchev–Trinajstić information content (AvgIpc) is 2.61. The number of ether oxygens (including phenoxy) is 2. The Morgan fingerprint density at radius 1 is 1.00 bits per heavy atom. The Morgan fingerprint density at radius 3 is 2.55 bits per heavy atom. The van der Waals surface area contributed by atoms with Gasteiger partial charge in [0.25, 0.3) is 0 Å². The molecule has 2 aromatic rings. The molecule has 3 heteroatoms. The van der Waals surface area contributed by atoms with Gasteiger partial charge in [-0.3, -0.25) is 0 Å². The van der Waals surface area contributed by atoms with Gasteiger partial charge >= 0.3 is 0 Å². The molecule has 116 valence electrons. The van der Waals surface area contributed by atoms with E-state index in [0.29, 0.717) is 12.5 Å². The summed E-state index contributed by atoms with van der Waals surface area (Å²) in [5, 5.41) is 3.42. The predicted octanol–water partition coefficient (Wildman–Crippen LogP) is 3.74. The fraction of sp³-hybridized carbons (Fsp3) is 0.368. The number of rotatable bonds is 5. The average molecular weight is 297 g/mol. The van der Waals surface area contributed by atoms with Crippen molar-refractivity contribution in [2.24, 2.45) is 0 Å². The molecule has 2 aromatic carbocycles. The van der Waals surface area contributed by atoms with Crippen molar-refractivity contribution in [1.82, 2.24) is 5.32 Å². The van der Waals surface area contributed by atoms with Crippen molar-refractivity contribution in [3.05, 3.63) is 59.7 Å². The fourth-order valence-electron chi connectivity index (χ4n) is 2.99. The number of piperidine rings is 1. The van der Waals surface area contributed by atoms with Gasteiger partial charge in [0.1, 0.15) is 6.61 Å². The Balaban J connectivity index is 1.67. The van der Waals surface area contributed by atoms with Crippen LogP contribution >= 0.6 is 0 Å². The molecular weight excluding hydrogens is 274 g/mol. The Hall–Kier alpha value is -2.00. The standard InChI is InChI=1S/C19H23NO2/c1-21-18-7-2-3-8-19(18)22-14-15-5-4-6-17(13-15)16-9-11-20-12-10-16/h2-8,13,16,20H,9-12,14H2,1H3. The highest BCUT2D eigenvalue weighted by molar-refractivity contribution is 5.39. The zero-order chi connectivity index (χ0) is 15.2. The molecule has 1 heterocycles. The third-order valence-corrected chi connectivity index (χ3v) is 4.23. The second-order valence-corrected chi connectivity index (χ2v) is 5.71. The van der Waals surface area contributed by atoms with E-state index in [0.717, 1.165) is 24.6 Å². The SMILES string of the molecule is COc1ccccc1OCc1cccc(C2CCNCC2)c1. The number of nitrogens with one attached hydrogen (secondary N) is 1. The number of para-hydroxylation sites is 2. The van der Waals surface area contributed by atoms with Crippen LogP contribution < -0.4 is 14.8 Å². The van der Waals surface area contributed by atoms with Crippen LogP contribution in [0.4, 0.5) is 0 Å². The molecule has 0 amide bonds. The highest BCUT2D eigenvalue weighted by Crippen LogP contribution is 2.28. The fourth-order valence-corrected chi connectivity index (χ4v) is 2.99. The van der Waals surface area contributed by atoms with Gasteiger partial charge < -0.3 is 14.8 Å². The Kier molecular flexibility index (Phi) is 4.96. The maximum Gasteiger partial charge on any atom is 0.161 e. The van der Waals surface area contributed by atoms with Crippen LogP contribution in [0.1, 0.15) is 29.9 Å². The van der Waals surface area contributed by atoms with Crippen LogP contribution in [0.15, 0.2) is 48.5 Å². The lowest BCUT2D eigenvalue weighted by Crippen LogP contribution is -2.26. The maximum absolute atomic E-state index is 5.92. The molecule has 3 nitrogen and oxygen atoms in total. The van der Waals surface area contributed by atoms with Crippen LogP contribution in [-0.4, -0.2) is 20.2 Å². The molecule has 1 N–H and O–H groups in total. The van der Waals surface area contributed by atoms with Gasteiger partial charge in [-0.1, -0.05) is 36.4 Å². The van der Waals surface area contributed by atoms with E-state index in [1.54, 1.807) is 7.11 Å². The van der Waals surface area contributed by atoms with E-state index >= 15 is 0 Å². The first-order valence-electron chi connectivity index (χ1n) is 7.92. The summed E-state index contributed by atoms with van der Waals surface area (Å²) in [5.41, 5.74) is 2.64. The lowest BCUT2D eigenvalue weighted by Gasteiger charge is -2.23. The predicted molar refractivity (Wildman–Crippen MR) is 88.6 cm³/mol. The number of hydrogen-bond acceptors (Lipinski definition) is 3. The molecule has 0 aliphatic carbocycles. The van der Waals surface area contributed by atoms with Crippen LogP contribution in [0.25, 0.3) is 0 Å². The molecule has 0 unspecified atom stereocenters. The second kappa shape index (κ2) is 7.32. The number of hydrogen-bond donors (Lipinski definition) is 1. The summed E-state index contributed by atoms with van der Waals surface area (Å²) in [4.78, 5) is 0. The van der Waals surface area contributed by atoms with Gasteiger partial charge in [0.2, 0.25) is 0 Å². The molecule has 1 aliphatic heterocycles. The Labute approximate surface area is 132 Å². The van der Waals surface area contributed by atoms with E-state index in [2.05, 4.69) is 29.6 Å². The quantitative estimate of drug-likeness (QED) is 0.912. The van der Waals surface area contributed by atoms with Crippen LogP contribution in [-0.2, 0) is 6.61 Å². The van der Waals surface area contributed by atoms with Crippen molar-refractivity contribution in [2.45, 2.75) is 25.4 Å². The zero-order valence-electron chi connectivity index (χ0n) is 13.0.